The Morgan fingerprint density at radius 2 is 1.38 bits per heavy atom. The van der Waals surface area contributed by atoms with Crippen LogP contribution in [0, 0.1) is 0 Å². The average molecular weight is 354 g/mol. The summed E-state index contributed by atoms with van der Waals surface area (Å²) in [6.07, 6.45) is 1.47. The lowest BCUT2D eigenvalue weighted by atomic mass is 9.84. The van der Waals surface area contributed by atoms with Gasteiger partial charge in [-0.2, -0.15) is 13.2 Å². The summed E-state index contributed by atoms with van der Waals surface area (Å²) < 4.78 is 39.9. The van der Waals surface area contributed by atoms with Crippen LogP contribution in [0.1, 0.15) is 66.3 Å². The van der Waals surface area contributed by atoms with Crippen LogP contribution in [0.4, 0.5) is 13.2 Å². The van der Waals surface area contributed by atoms with Gasteiger partial charge in [0.1, 0.15) is 0 Å². The Morgan fingerprint density at radius 1 is 0.769 bits per heavy atom. The van der Waals surface area contributed by atoms with Gasteiger partial charge in [0.2, 0.25) is 0 Å². The Labute approximate surface area is 152 Å². The van der Waals surface area contributed by atoms with Crippen LogP contribution in [0.3, 0.4) is 0 Å². The van der Waals surface area contributed by atoms with Crippen LogP contribution in [-0.4, -0.2) is 0 Å². The van der Waals surface area contributed by atoms with Crippen LogP contribution >= 0.6 is 0 Å². The predicted molar refractivity (Wildman–Crippen MR) is 99.9 cm³/mol. The molecule has 0 bridgehead atoms. The third-order valence-electron chi connectivity index (χ3n) is 5.79. The summed E-state index contributed by atoms with van der Waals surface area (Å²) >= 11 is 0. The number of rotatable bonds is 3. The van der Waals surface area contributed by atoms with E-state index in [1.165, 1.54) is 28.8 Å². The Kier molecular flexibility index (Phi) is 4.06. The molecular weight excluding hydrogens is 333 g/mol. The van der Waals surface area contributed by atoms with E-state index in [4.69, 9.17) is 0 Å². The van der Waals surface area contributed by atoms with Crippen LogP contribution in [-0.2, 0) is 6.18 Å². The summed E-state index contributed by atoms with van der Waals surface area (Å²) in [6, 6.07) is 13.0. The van der Waals surface area contributed by atoms with Crippen LogP contribution in [0.15, 0.2) is 53.6 Å². The van der Waals surface area contributed by atoms with Gasteiger partial charge in [-0.15, -0.1) is 0 Å². The average Bonchev–Trinajstić information content (AvgIpc) is 3.07. The third-order valence-corrected chi connectivity index (χ3v) is 5.79. The van der Waals surface area contributed by atoms with Gasteiger partial charge < -0.3 is 0 Å². The second-order valence-electron chi connectivity index (χ2n) is 7.39. The van der Waals surface area contributed by atoms with Crippen molar-refractivity contribution in [2.24, 2.45) is 0 Å². The maximum absolute atomic E-state index is 13.3. The van der Waals surface area contributed by atoms with E-state index >= 15 is 0 Å². The van der Waals surface area contributed by atoms with Gasteiger partial charge in [0.15, 0.2) is 0 Å². The molecule has 2 atom stereocenters. The van der Waals surface area contributed by atoms with Crippen molar-refractivity contribution in [3.8, 4) is 0 Å². The highest BCUT2D eigenvalue weighted by Gasteiger charge is 2.37. The number of alkyl halides is 3. The van der Waals surface area contributed by atoms with E-state index in [9.17, 15) is 13.2 Å². The van der Waals surface area contributed by atoms with Crippen LogP contribution in [0.5, 0.6) is 0 Å². The fourth-order valence-electron chi connectivity index (χ4n) is 4.52. The number of allylic oxidation sites excluding steroid dienone is 2. The van der Waals surface area contributed by atoms with Crippen molar-refractivity contribution in [3.63, 3.8) is 0 Å². The molecule has 0 nitrogen and oxygen atoms in total. The maximum atomic E-state index is 13.3. The van der Waals surface area contributed by atoms with Crippen molar-refractivity contribution in [2.75, 3.05) is 0 Å². The molecule has 0 saturated carbocycles. The normalized spacial score (nSPS) is 21.3. The van der Waals surface area contributed by atoms with Crippen LogP contribution in [0.25, 0.3) is 12.2 Å². The first-order valence-corrected chi connectivity index (χ1v) is 9.01. The second kappa shape index (κ2) is 6.15. The molecule has 2 aliphatic rings. The molecule has 3 heteroatoms. The molecule has 0 fully saturated rings. The summed E-state index contributed by atoms with van der Waals surface area (Å²) in [5.41, 5.74) is 5.66. The van der Waals surface area contributed by atoms with Gasteiger partial charge >= 0.3 is 6.18 Å². The molecule has 0 amide bonds. The second-order valence-corrected chi connectivity index (χ2v) is 7.39. The molecule has 2 aliphatic carbocycles. The Bertz CT molecular complexity index is 915. The van der Waals surface area contributed by atoms with Crippen LogP contribution in [0.2, 0.25) is 0 Å². The smallest absolute Gasteiger partial charge is 0.166 e. The van der Waals surface area contributed by atoms with Crippen molar-refractivity contribution >= 4 is 12.2 Å². The Balaban J connectivity index is 1.59. The zero-order valence-corrected chi connectivity index (χ0v) is 14.9. The number of hydrogen-bond donors (Lipinski definition) is 0. The molecule has 2 unspecified atom stereocenters. The quantitative estimate of drug-likeness (QED) is 0.547. The van der Waals surface area contributed by atoms with E-state index in [0.717, 1.165) is 24.0 Å². The molecule has 0 saturated heterocycles. The lowest BCUT2D eigenvalue weighted by molar-refractivity contribution is -0.137. The molecule has 0 aliphatic heterocycles. The first kappa shape index (κ1) is 17.1. The van der Waals surface area contributed by atoms with Gasteiger partial charge in [0, 0.05) is 11.8 Å². The first-order valence-electron chi connectivity index (χ1n) is 9.01. The Hall–Kier alpha value is -2.29. The monoisotopic (exact) mass is 354 g/mol. The highest BCUT2D eigenvalue weighted by molar-refractivity contribution is 5.70. The van der Waals surface area contributed by atoms with E-state index in [2.05, 4.69) is 31.2 Å². The Morgan fingerprint density at radius 3 is 2.12 bits per heavy atom. The third kappa shape index (κ3) is 2.80. The standard InChI is InChI=1S/C23H21F3/c1-14-12-16-6-3-4-7-19(16)17(14)10-11-18-15(2)13-21-20(18)8-5-9-22(21)23(24,25)26/h3-9,12-13,17-18H,10-11H2,1-2H3. The fourth-order valence-corrected chi connectivity index (χ4v) is 4.52. The molecule has 2 aromatic carbocycles. The summed E-state index contributed by atoms with van der Waals surface area (Å²) in [5, 5.41) is 0. The molecule has 4 rings (SSSR count). The molecule has 0 N–H and O–H groups in total. The summed E-state index contributed by atoms with van der Waals surface area (Å²) in [7, 11) is 0. The van der Waals surface area contributed by atoms with E-state index in [-0.39, 0.29) is 5.92 Å². The van der Waals surface area contributed by atoms with E-state index in [1.807, 2.05) is 19.1 Å². The van der Waals surface area contributed by atoms with Crippen molar-refractivity contribution < 1.29 is 13.2 Å². The first-order chi connectivity index (χ1) is 12.4. The largest absolute Gasteiger partial charge is 0.416 e. The minimum atomic E-state index is -4.30. The maximum Gasteiger partial charge on any atom is 0.416 e. The molecule has 2 aromatic rings. The van der Waals surface area contributed by atoms with Gasteiger partial charge in [-0.3, -0.25) is 0 Å². The van der Waals surface area contributed by atoms with Gasteiger partial charge in [-0.05, 0) is 55.0 Å². The van der Waals surface area contributed by atoms with Crippen molar-refractivity contribution in [2.45, 2.75) is 44.7 Å². The number of benzene rings is 2. The van der Waals surface area contributed by atoms with Gasteiger partial charge in [-0.1, -0.05) is 59.7 Å². The SMILES string of the molecule is CC1=Cc2ccccc2C1CCC1C(C)=Cc2c1cccc2C(F)(F)F. The lowest BCUT2D eigenvalue weighted by Crippen LogP contribution is -2.09. The van der Waals surface area contributed by atoms with Crippen molar-refractivity contribution in [1.29, 1.82) is 0 Å². The van der Waals surface area contributed by atoms with E-state index < -0.39 is 11.7 Å². The summed E-state index contributed by atoms with van der Waals surface area (Å²) in [6.45, 7) is 4.10. The van der Waals surface area contributed by atoms with Crippen LogP contribution < -0.4 is 0 Å². The summed E-state index contributed by atoms with van der Waals surface area (Å²) in [5.74, 6) is 0.446. The van der Waals surface area contributed by atoms with Gasteiger partial charge in [-0.25, -0.2) is 0 Å². The summed E-state index contributed by atoms with van der Waals surface area (Å²) in [4.78, 5) is 0. The van der Waals surface area contributed by atoms with E-state index in [0.29, 0.717) is 11.5 Å². The fraction of sp³-hybridized carbons (Fsp3) is 0.304. The van der Waals surface area contributed by atoms with Crippen molar-refractivity contribution in [1.82, 2.24) is 0 Å². The molecular formula is C23H21F3. The van der Waals surface area contributed by atoms with Gasteiger partial charge in [0.25, 0.3) is 0 Å². The minimum Gasteiger partial charge on any atom is -0.166 e. The molecule has 0 aromatic heterocycles. The molecule has 26 heavy (non-hydrogen) atoms. The highest BCUT2D eigenvalue weighted by atomic mass is 19.4. The zero-order valence-electron chi connectivity index (χ0n) is 14.9. The predicted octanol–water partition coefficient (Wildman–Crippen LogP) is 7.19. The highest BCUT2D eigenvalue weighted by Crippen LogP contribution is 2.47. The van der Waals surface area contributed by atoms with E-state index in [1.54, 1.807) is 6.08 Å². The molecule has 0 radical (unpaired) electrons. The topological polar surface area (TPSA) is 0 Å². The number of fused-ring (bicyclic) bond motifs is 2. The van der Waals surface area contributed by atoms with Gasteiger partial charge in [0.05, 0.1) is 5.56 Å². The minimum absolute atomic E-state index is 0.0767. The molecule has 0 heterocycles. The zero-order chi connectivity index (χ0) is 18.5. The molecule has 0 spiro atoms. The number of halogens is 3. The number of hydrogen-bond acceptors (Lipinski definition) is 0. The lowest BCUT2D eigenvalue weighted by Gasteiger charge is -2.20. The van der Waals surface area contributed by atoms with Crippen molar-refractivity contribution in [3.05, 3.63) is 81.4 Å². The molecule has 134 valence electrons.